The van der Waals surface area contributed by atoms with Crippen LogP contribution >= 0.6 is 0 Å². The van der Waals surface area contributed by atoms with Crippen molar-refractivity contribution in [1.29, 1.82) is 0 Å². The second kappa shape index (κ2) is 10.1. The zero-order chi connectivity index (χ0) is 12.3. The quantitative estimate of drug-likeness (QED) is 0.598. The Morgan fingerprint density at radius 1 is 0.875 bits per heavy atom. The first-order valence-electron chi connectivity index (χ1n) is 7.11. The van der Waals surface area contributed by atoms with Crippen molar-refractivity contribution in [3.63, 3.8) is 0 Å². The Hall–Kier alpha value is -0.0800. The molecular formula is C14H30O2. The van der Waals surface area contributed by atoms with Crippen molar-refractivity contribution in [2.45, 2.75) is 78.4 Å². The van der Waals surface area contributed by atoms with Gasteiger partial charge in [-0.05, 0) is 12.8 Å². The highest BCUT2D eigenvalue weighted by Gasteiger charge is 2.33. The first kappa shape index (κ1) is 15.9. The van der Waals surface area contributed by atoms with E-state index in [9.17, 15) is 0 Å². The van der Waals surface area contributed by atoms with Crippen LogP contribution in [0.3, 0.4) is 0 Å². The van der Waals surface area contributed by atoms with Crippen molar-refractivity contribution >= 4 is 0 Å². The zero-order valence-corrected chi connectivity index (χ0v) is 11.7. The van der Waals surface area contributed by atoms with E-state index < -0.39 is 0 Å². The Labute approximate surface area is 102 Å². The van der Waals surface area contributed by atoms with E-state index in [1.807, 2.05) is 13.8 Å². The molecule has 0 atom stereocenters. The van der Waals surface area contributed by atoms with Crippen LogP contribution in [0.2, 0.25) is 0 Å². The Bertz CT molecular complexity index is 140. The van der Waals surface area contributed by atoms with Crippen molar-refractivity contribution in [2.24, 2.45) is 0 Å². The van der Waals surface area contributed by atoms with Crippen LogP contribution in [-0.4, -0.2) is 19.0 Å². The molecule has 1 aliphatic heterocycles. The third-order valence-electron chi connectivity index (χ3n) is 3.01. The van der Waals surface area contributed by atoms with Crippen molar-refractivity contribution in [3.8, 4) is 0 Å². The first-order valence-corrected chi connectivity index (χ1v) is 7.11. The lowest BCUT2D eigenvalue weighted by Gasteiger charge is -2.25. The van der Waals surface area contributed by atoms with E-state index in [1.54, 1.807) is 0 Å². The van der Waals surface area contributed by atoms with Gasteiger partial charge in [-0.15, -0.1) is 0 Å². The molecule has 0 aromatic rings. The molecular weight excluding hydrogens is 200 g/mol. The molecule has 98 valence electrons. The van der Waals surface area contributed by atoms with Crippen LogP contribution in [-0.2, 0) is 9.47 Å². The summed E-state index contributed by atoms with van der Waals surface area (Å²) in [5.74, 6) is -0.216. The van der Waals surface area contributed by atoms with Crippen LogP contribution in [0.5, 0.6) is 0 Å². The molecule has 0 unspecified atom stereocenters. The van der Waals surface area contributed by atoms with Crippen LogP contribution in [0.25, 0.3) is 0 Å². The Morgan fingerprint density at radius 3 is 1.94 bits per heavy atom. The third-order valence-corrected chi connectivity index (χ3v) is 3.01. The lowest BCUT2D eigenvalue weighted by molar-refractivity contribution is -0.164. The summed E-state index contributed by atoms with van der Waals surface area (Å²) in [4.78, 5) is 0. The number of ether oxygens (including phenoxy) is 2. The fourth-order valence-corrected chi connectivity index (χ4v) is 2.02. The van der Waals surface area contributed by atoms with E-state index in [0.717, 1.165) is 26.1 Å². The van der Waals surface area contributed by atoms with Gasteiger partial charge in [0.15, 0.2) is 5.79 Å². The maximum absolute atomic E-state index is 5.67. The molecule has 0 radical (unpaired) electrons. The van der Waals surface area contributed by atoms with E-state index in [-0.39, 0.29) is 5.79 Å². The van der Waals surface area contributed by atoms with Gasteiger partial charge in [0.05, 0.1) is 13.2 Å². The van der Waals surface area contributed by atoms with Gasteiger partial charge in [-0.1, -0.05) is 53.4 Å². The molecule has 0 N–H and O–H groups in total. The van der Waals surface area contributed by atoms with Crippen LogP contribution in [0, 0.1) is 0 Å². The average Bonchev–Trinajstić information content (AvgIpc) is 2.81. The van der Waals surface area contributed by atoms with Gasteiger partial charge in [0.1, 0.15) is 0 Å². The normalized spacial score (nSPS) is 18.0. The smallest absolute Gasteiger partial charge is 0.168 e. The van der Waals surface area contributed by atoms with Crippen LogP contribution < -0.4 is 0 Å². The van der Waals surface area contributed by atoms with E-state index in [1.165, 1.54) is 32.1 Å². The summed E-state index contributed by atoms with van der Waals surface area (Å²) in [5.41, 5.74) is 0. The van der Waals surface area contributed by atoms with Gasteiger partial charge in [-0.2, -0.15) is 0 Å². The fourth-order valence-electron chi connectivity index (χ4n) is 2.02. The molecule has 1 aliphatic rings. The number of rotatable bonds is 7. The Morgan fingerprint density at radius 2 is 1.44 bits per heavy atom. The van der Waals surface area contributed by atoms with Gasteiger partial charge >= 0.3 is 0 Å². The molecule has 1 fully saturated rings. The predicted molar refractivity (Wildman–Crippen MR) is 69.7 cm³/mol. The molecule has 0 amide bonds. The topological polar surface area (TPSA) is 18.5 Å². The van der Waals surface area contributed by atoms with E-state index in [0.29, 0.717) is 0 Å². The molecule has 0 aromatic heterocycles. The lowest BCUT2D eigenvalue weighted by atomic mass is 10.0. The molecule has 16 heavy (non-hydrogen) atoms. The van der Waals surface area contributed by atoms with E-state index in [4.69, 9.17) is 9.47 Å². The number of hydrogen-bond donors (Lipinski definition) is 0. The second-order valence-electron chi connectivity index (χ2n) is 4.13. The monoisotopic (exact) mass is 230 g/mol. The molecule has 2 nitrogen and oxygen atoms in total. The highest BCUT2D eigenvalue weighted by atomic mass is 16.7. The minimum atomic E-state index is -0.216. The minimum Gasteiger partial charge on any atom is -0.348 e. The van der Waals surface area contributed by atoms with Crippen LogP contribution in [0.15, 0.2) is 0 Å². The van der Waals surface area contributed by atoms with Gasteiger partial charge in [-0.25, -0.2) is 0 Å². The SMILES string of the molecule is CC.CCCCCCCC1(CC)OCCO1. The summed E-state index contributed by atoms with van der Waals surface area (Å²) >= 11 is 0. The molecule has 0 spiro atoms. The maximum Gasteiger partial charge on any atom is 0.168 e. The standard InChI is InChI=1S/C12H24O2.C2H6/c1-3-5-6-7-8-9-12(4-2)13-10-11-14-12;1-2/h3-11H2,1-2H3;1-2H3. The van der Waals surface area contributed by atoms with Crippen LogP contribution in [0.4, 0.5) is 0 Å². The number of hydrogen-bond acceptors (Lipinski definition) is 2. The van der Waals surface area contributed by atoms with Gasteiger partial charge in [0, 0.05) is 6.42 Å². The summed E-state index contributed by atoms with van der Waals surface area (Å²) in [6.45, 7) is 9.96. The van der Waals surface area contributed by atoms with Crippen LogP contribution in [0.1, 0.15) is 72.6 Å². The summed E-state index contributed by atoms with van der Waals surface area (Å²) < 4.78 is 11.3. The van der Waals surface area contributed by atoms with Crippen molar-refractivity contribution < 1.29 is 9.47 Å². The van der Waals surface area contributed by atoms with Crippen molar-refractivity contribution in [3.05, 3.63) is 0 Å². The van der Waals surface area contributed by atoms with E-state index >= 15 is 0 Å². The Balaban J connectivity index is 0.00000106. The van der Waals surface area contributed by atoms with Crippen molar-refractivity contribution in [1.82, 2.24) is 0 Å². The maximum atomic E-state index is 5.67. The molecule has 0 aromatic carbocycles. The summed E-state index contributed by atoms with van der Waals surface area (Å²) in [5, 5.41) is 0. The van der Waals surface area contributed by atoms with Gasteiger partial charge in [-0.3, -0.25) is 0 Å². The predicted octanol–water partition coefficient (Wildman–Crippen LogP) is 4.53. The summed E-state index contributed by atoms with van der Waals surface area (Å²) in [6, 6.07) is 0. The average molecular weight is 230 g/mol. The van der Waals surface area contributed by atoms with Crippen molar-refractivity contribution in [2.75, 3.05) is 13.2 Å². The largest absolute Gasteiger partial charge is 0.348 e. The third kappa shape index (κ3) is 5.86. The molecule has 0 bridgehead atoms. The lowest BCUT2D eigenvalue weighted by Crippen LogP contribution is -2.28. The highest BCUT2D eigenvalue weighted by Crippen LogP contribution is 2.29. The first-order chi connectivity index (χ1) is 7.83. The van der Waals surface area contributed by atoms with Gasteiger partial charge in [0.25, 0.3) is 0 Å². The molecule has 1 rings (SSSR count). The molecule has 1 heterocycles. The Kier molecular flexibility index (Phi) is 10.0. The van der Waals surface area contributed by atoms with E-state index in [2.05, 4.69) is 13.8 Å². The zero-order valence-electron chi connectivity index (χ0n) is 11.7. The summed E-state index contributed by atoms with van der Waals surface area (Å²) in [7, 11) is 0. The van der Waals surface area contributed by atoms with Gasteiger partial charge < -0.3 is 9.47 Å². The highest BCUT2D eigenvalue weighted by molar-refractivity contribution is 4.72. The minimum absolute atomic E-state index is 0.216. The molecule has 0 saturated carbocycles. The molecule has 0 aliphatic carbocycles. The summed E-state index contributed by atoms with van der Waals surface area (Å²) in [6.07, 6.45) is 8.66. The number of unbranched alkanes of at least 4 members (excludes halogenated alkanes) is 4. The second-order valence-corrected chi connectivity index (χ2v) is 4.13. The molecule has 1 saturated heterocycles. The fraction of sp³-hybridized carbons (Fsp3) is 1.00. The van der Waals surface area contributed by atoms with Gasteiger partial charge in [0.2, 0.25) is 0 Å². The molecule has 2 heteroatoms.